The predicted molar refractivity (Wildman–Crippen MR) is 195 cm³/mol. The molecule has 2 amide bonds. The topological polar surface area (TPSA) is 170 Å². The van der Waals surface area contributed by atoms with E-state index in [9.17, 15) is 37.5 Å². The fourth-order valence-corrected chi connectivity index (χ4v) is 8.14. The van der Waals surface area contributed by atoms with Crippen LogP contribution in [0.25, 0.3) is 0 Å². The SMILES string of the molecule is Cc1cc(C)c(C(C)(C)CC(=O)O[C@H]2CC3(NC(=O)COc4ccc(Cl)c(F)c4)CCC2(NC(=O)COc2ccc(Cl)c(F)c2)CC3)c(OP(=O)(O)O)c1. The standard InChI is InChI=1S/C37H41Cl2F2N2O10P/c1-21-13-22(2)34(29(14-21)53-54(47,48)49)35(3,4)18-33(46)52-30-17-36(42-31(44)19-50-23-5-7-25(38)27(40)15-23)9-11-37(30,12-10-36)43-32(45)20-51-24-6-8-26(39)28(41)16-24/h5-8,13-16,30H,9-12,17-20H2,1-4H3,(H,42,44)(H,43,45)(H2,47,48,49)/t30-,36?,37?/m0/s1. The van der Waals surface area contributed by atoms with Gasteiger partial charge in [0.15, 0.2) is 13.2 Å². The maximum absolute atomic E-state index is 14.0. The summed E-state index contributed by atoms with van der Waals surface area (Å²) in [5, 5.41) is 5.81. The van der Waals surface area contributed by atoms with E-state index in [2.05, 4.69) is 10.6 Å². The van der Waals surface area contributed by atoms with Crippen LogP contribution in [0.15, 0.2) is 48.5 Å². The van der Waals surface area contributed by atoms with Gasteiger partial charge in [0, 0.05) is 35.1 Å². The molecule has 6 rings (SSSR count). The van der Waals surface area contributed by atoms with Gasteiger partial charge < -0.3 is 29.4 Å². The molecule has 3 aromatic carbocycles. The number of benzene rings is 3. The van der Waals surface area contributed by atoms with E-state index in [1.165, 1.54) is 30.3 Å². The van der Waals surface area contributed by atoms with Crippen molar-refractivity contribution in [2.75, 3.05) is 13.2 Å². The number of fused-ring (bicyclic) bond motifs is 3. The van der Waals surface area contributed by atoms with Crippen molar-refractivity contribution in [1.29, 1.82) is 0 Å². The first-order valence-corrected chi connectivity index (χ1v) is 19.3. The summed E-state index contributed by atoms with van der Waals surface area (Å²) in [7, 11) is -4.95. The molecule has 17 heteroatoms. The van der Waals surface area contributed by atoms with E-state index in [0.29, 0.717) is 42.4 Å². The lowest BCUT2D eigenvalue weighted by Crippen LogP contribution is -2.71. The van der Waals surface area contributed by atoms with Crippen molar-refractivity contribution >= 4 is 48.8 Å². The number of carbonyl (C=O) groups excluding carboxylic acids is 3. The molecule has 0 aliphatic heterocycles. The molecular weight excluding hydrogens is 772 g/mol. The minimum atomic E-state index is -4.95. The number of ether oxygens (including phenoxy) is 3. The molecule has 54 heavy (non-hydrogen) atoms. The number of esters is 1. The fraction of sp³-hybridized carbons (Fsp3) is 0.432. The third-order valence-electron chi connectivity index (χ3n) is 9.80. The fourth-order valence-electron chi connectivity index (χ4n) is 7.51. The Bertz CT molecular complexity index is 1980. The van der Waals surface area contributed by atoms with E-state index >= 15 is 0 Å². The second kappa shape index (κ2) is 16.0. The minimum absolute atomic E-state index is 0.0649. The highest BCUT2D eigenvalue weighted by molar-refractivity contribution is 7.46. The van der Waals surface area contributed by atoms with Crippen molar-refractivity contribution in [1.82, 2.24) is 10.6 Å². The highest BCUT2D eigenvalue weighted by atomic mass is 35.5. The van der Waals surface area contributed by atoms with Gasteiger partial charge in [-0.3, -0.25) is 24.2 Å². The summed E-state index contributed by atoms with van der Waals surface area (Å²) in [5.74, 6) is -3.01. The Morgan fingerprint density at radius 3 is 1.93 bits per heavy atom. The zero-order chi connectivity index (χ0) is 39.6. The quantitative estimate of drug-likeness (QED) is 0.101. The molecule has 1 atom stereocenters. The lowest BCUT2D eigenvalue weighted by atomic mass is 9.59. The summed E-state index contributed by atoms with van der Waals surface area (Å²) in [5.41, 5.74) is -1.20. The van der Waals surface area contributed by atoms with Crippen LogP contribution in [-0.4, -0.2) is 58.0 Å². The van der Waals surface area contributed by atoms with Gasteiger partial charge in [-0.05, 0) is 81.0 Å². The van der Waals surface area contributed by atoms with Gasteiger partial charge in [0.25, 0.3) is 11.8 Å². The van der Waals surface area contributed by atoms with Crippen LogP contribution in [0.4, 0.5) is 8.78 Å². The van der Waals surface area contributed by atoms with Crippen molar-refractivity contribution in [3.63, 3.8) is 0 Å². The summed E-state index contributed by atoms with van der Waals surface area (Å²) < 4.78 is 61.9. The Kier molecular flexibility index (Phi) is 12.2. The van der Waals surface area contributed by atoms with E-state index in [4.69, 9.17) is 41.9 Å². The number of amides is 2. The van der Waals surface area contributed by atoms with E-state index in [0.717, 1.165) is 12.1 Å². The van der Waals surface area contributed by atoms with Gasteiger partial charge in [0.1, 0.15) is 35.0 Å². The maximum Gasteiger partial charge on any atom is 0.524 e. The average Bonchev–Trinajstić information content (AvgIpc) is 3.05. The lowest BCUT2D eigenvalue weighted by molar-refractivity contribution is -0.168. The molecule has 0 unspecified atom stereocenters. The number of nitrogens with one attached hydrogen (secondary N) is 2. The summed E-state index contributed by atoms with van der Waals surface area (Å²) in [4.78, 5) is 59.5. The van der Waals surface area contributed by atoms with Crippen LogP contribution < -0.4 is 24.6 Å². The molecule has 3 fully saturated rings. The number of aryl methyl sites for hydroxylation is 2. The van der Waals surface area contributed by atoms with Gasteiger partial charge in [-0.25, -0.2) is 13.3 Å². The Labute approximate surface area is 321 Å². The van der Waals surface area contributed by atoms with Crippen molar-refractivity contribution in [3.05, 3.63) is 86.9 Å². The third-order valence-corrected chi connectivity index (χ3v) is 10.9. The van der Waals surface area contributed by atoms with Crippen molar-refractivity contribution in [2.24, 2.45) is 0 Å². The van der Waals surface area contributed by atoms with Gasteiger partial charge in [-0.1, -0.05) is 43.1 Å². The number of halogens is 4. The van der Waals surface area contributed by atoms with Crippen LogP contribution in [0.3, 0.4) is 0 Å². The first-order valence-electron chi connectivity index (χ1n) is 17.0. The Balaban J connectivity index is 1.34. The van der Waals surface area contributed by atoms with Crippen LogP contribution in [0.5, 0.6) is 17.2 Å². The highest BCUT2D eigenvalue weighted by Crippen LogP contribution is 2.49. The molecule has 0 radical (unpaired) electrons. The predicted octanol–water partition coefficient (Wildman–Crippen LogP) is 6.79. The molecule has 4 N–H and O–H groups in total. The van der Waals surface area contributed by atoms with E-state index < -0.39 is 73.1 Å². The molecule has 3 aliphatic carbocycles. The van der Waals surface area contributed by atoms with E-state index in [-0.39, 0.29) is 40.1 Å². The zero-order valence-corrected chi connectivity index (χ0v) is 32.4. The highest BCUT2D eigenvalue weighted by Gasteiger charge is 2.57. The molecule has 3 aliphatic rings. The Morgan fingerprint density at radius 2 is 1.41 bits per heavy atom. The third kappa shape index (κ3) is 10.0. The normalized spacial score (nSPS) is 20.9. The molecule has 3 saturated carbocycles. The second-order valence-corrected chi connectivity index (χ2v) is 16.5. The second-order valence-electron chi connectivity index (χ2n) is 14.5. The average molecular weight is 814 g/mol. The van der Waals surface area contributed by atoms with E-state index in [1.54, 1.807) is 33.8 Å². The van der Waals surface area contributed by atoms with E-state index in [1.807, 2.05) is 0 Å². The molecule has 0 aromatic heterocycles. The van der Waals surface area contributed by atoms with Gasteiger partial charge in [-0.15, -0.1) is 0 Å². The number of hydrogen-bond acceptors (Lipinski definition) is 8. The summed E-state index contributed by atoms with van der Waals surface area (Å²) in [6, 6.07) is 10.9. The van der Waals surface area contributed by atoms with Crippen LogP contribution in [0.2, 0.25) is 10.0 Å². The molecule has 3 aromatic rings. The number of phosphoric ester groups is 1. The first kappa shape index (κ1) is 41.2. The Morgan fingerprint density at radius 1 is 0.870 bits per heavy atom. The van der Waals surface area contributed by atoms with Crippen molar-refractivity contribution < 1.29 is 56.3 Å². The zero-order valence-electron chi connectivity index (χ0n) is 30.0. The summed E-state index contributed by atoms with van der Waals surface area (Å²) in [6.07, 6.45) is 0.362. The summed E-state index contributed by atoms with van der Waals surface area (Å²) in [6.45, 7) is 6.01. The first-order chi connectivity index (χ1) is 25.2. The molecular formula is C37H41Cl2F2N2O10P. The molecule has 0 spiro atoms. The largest absolute Gasteiger partial charge is 0.524 e. The van der Waals surface area contributed by atoms with Gasteiger partial charge in [0.05, 0.1) is 22.0 Å². The van der Waals surface area contributed by atoms with Crippen LogP contribution in [0.1, 0.15) is 69.1 Å². The van der Waals surface area contributed by atoms with Crippen LogP contribution in [-0.2, 0) is 29.1 Å². The molecule has 0 saturated heterocycles. The van der Waals surface area contributed by atoms with Crippen LogP contribution >= 0.6 is 31.0 Å². The van der Waals surface area contributed by atoms with Gasteiger partial charge in [0.2, 0.25) is 0 Å². The smallest absolute Gasteiger partial charge is 0.484 e. The monoisotopic (exact) mass is 812 g/mol. The number of carbonyl (C=O) groups is 3. The van der Waals surface area contributed by atoms with Crippen molar-refractivity contribution in [3.8, 4) is 17.2 Å². The number of rotatable bonds is 14. The van der Waals surface area contributed by atoms with Crippen LogP contribution in [0, 0.1) is 25.5 Å². The minimum Gasteiger partial charge on any atom is -0.484 e. The molecule has 12 nitrogen and oxygen atoms in total. The number of phosphoric acid groups is 1. The molecule has 2 bridgehead atoms. The Hall–Kier alpha value is -3.94. The summed E-state index contributed by atoms with van der Waals surface area (Å²) >= 11 is 11.5. The molecule has 0 heterocycles. The molecule has 292 valence electrons. The lowest BCUT2D eigenvalue weighted by Gasteiger charge is -2.57. The number of hydrogen-bond donors (Lipinski definition) is 4. The van der Waals surface area contributed by atoms with Crippen molar-refractivity contribution in [2.45, 2.75) is 88.8 Å². The van der Waals surface area contributed by atoms with Gasteiger partial charge >= 0.3 is 13.8 Å². The van der Waals surface area contributed by atoms with Gasteiger partial charge in [-0.2, -0.15) is 0 Å². The maximum atomic E-state index is 14.0.